The molecule has 4 unspecified atom stereocenters. The van der Waals surface area contributed by atoms with Crippen LogP contribution in [0.4, 0.5) is 0 Å². The van der Waals surface area contributed by atoms with Crippen LogP contribution >= 0.6 is 11.3 Å². The molecular weight excluding hydrogens is 292 g/mol. The first-order valence-electron chi connectivity index (χ1n) is 7.78. The summed E-state index contributed by atoms with van der Waals surface area (Å²) < 4.78 is 1.30. The van der Waals surface area contributed by atoms with Crippen LogP contribution in [0.25, 0.3) is 16.2 Å². The summed E-state index contributed by atoms with van der Waals surface area (Å²) in [7, 11) is 0. The van der Waals surface area contributed by atoms with E-state index >= 15 is 0 Å². The molecule has 0 saturated heterocycles. The third-order valence-corrected chi connectivity index (χ3v) is 5.95. The van der Waals surface area contributed by atoms with Crippen LogP contribution in [0.3, 0.4) is 0 Å². The van der Waals surface area contributed by atoms with Gasteiger partial charge in [0, 0.05) is 22.8 Å². The molecule has 2 nitrogen and oxygen atoms in total. The maximum absolute atomic E-state index is 9.69. The van der Waals surface area contributed by atoms with Gasteiger partial charge in [-0.25, -0.2) is 0 Å². The van der Waals surface area contributed by atoms with Gasteiger partial charge in [0.1, 0.15) is 0 Å². The van der Waals surface area contributed by atoms with Crippen LogP contribution in [0.2, 0.25) is 0 Å². The molecule has 1 saturated carbocycles. The van der Waals surface area contributed by atoms with E-state index in [0.29, 0.717) is 11.8 Å². The zero-order valence-corrected chi connectivity index (χ0v) is 13.4. The minimum absolute atomic E-state index is 0.120. The first-order valence-corrected chi connectivity index (χ1v) is 8.59. The highest BCUT2D eigenvalue weighted by Crippen LogP contribution is 2.43. The average Bonchev–Trinajstić information content (AvgIpc) is 3.12. The fraction of sp³-hybridized carbons (Fsp3) is 0.368. The van der Waals surface area contributed by atoms with E-state index in [2.05, 4.69) is 49.1 Å². The van der Waals surface area contributed by atoms with Crippen molar-refractivity contribution in [3.8, 4) is 0 Å². The van der Waals surface area contributed by atoms with Gasteiger partial charge in [-0.3, -0.25) is 0 Å². The van der Waals surface area contributed by atoms with Gasteiger partial charge < -0.3 is 10.2 Å². The molecule has 1 aromatic heterocycles. The van der Waals surface area contributed by atoms with Crippen molar-refractivity contribution in [2.75, 3.05) is 13.2 Å². The third kappa shape index (κ3) is 2.89. The number of aliphatic hydroxyl groups excluding tert-OH is 2. The quantitative estimate of drug-likeness (QED) is 0.820. The van der Waals surface area contributed by atoms with E-state index in [4.69, 9.17) is 0 Å². The normalized spacial score (nSPS) is 28.6. The summed E-state index contributed by atoms with van der Waals surface area (Å²) in [6, 6.07) is 10.6. The summed E-state index contributed by atoms with van der Waals surface area (Å²) in [6.45, 7) is 4.12. The van der Waals surface area contributed by atoms with Gasteiger partial charge >= 0.3 is 0 Å². The molecule has 0 radical (unpaired) electrons. The Kier molecular flexibility index (Phi) is 4.77. The summed E-state index contributed by atoms with van der Waals surface area (Å²) >= 11 is 1.78. The van der Waals surface area contributed by atoms with Crippen LogP contribution in [0.5, 0.6) is 0 Å². The third-order valence-electron chi connectivity index (χ3n) is 4.87. The molecule has 1 aliphatic rings. The number of aliphatic hydroxyl groups is 2. The average molecular weight is 314 g/mol. The van der Waals surface area contributed by atoms with Gasteiger partial charge in [0.05, 0.1) is 0 Å². The van der Waals surface area contributed by atoms with Gasteiger partial charge in [-0.05, 0) is 53.7 Å². The second-order valence-electron chi connectivity index (χ2n) is 6.04. The van der Waals surface area contributed by atoms with Crippen molar-refractivity contribution in [2.24, 2.45) is 23.7 Å². The molecule has 1 aromatic carbocycles. The number of thiophene rings is 1. The van der Waals surface area contributed by atoms with Crippen molar-refractivity contribution in [1.29, 1.82) is 0 Å². The second kappa shape index (κ2) is 6.78. The van der Waals surface area contributed by atoms with Crippen molar-refractivity contribution >= 4 is 27.5 Å². The monoisotopic (exact) mass is 314 g/mol. The lowest BCUT2D eigenvalue weighted by Gasteiger charge is -2.20. The molecule has 3 heteroatoms. The predicted molar refractivity (Wildman–Crippen MR) is 93.8 cm³/mol. The number of rotatable bonds is 5. The van der Waals surface area contributed by atoms with Crippen LogP contribution in [0.15, 0.2) is 49.1 Å². The summed E-state index contributed by atoms with van der Waals surface area (Å²) in [5.41, 5.74) is 0. The maximum Gasteiger partial charge on any atom is 0.0468 e. The van der Waals surface area contributed by atoms with Crippen molar-refractivity contribution < 1.29 is 10.2 Å². The molecule has 22 heavy (non-hydrogen) atoms. The predicted octanol–water partition coefficient (Wildman–Crippen LogP) is 3.95. The summed E-state index contributed by atoms with van der Waals surface area (Å²) in [6.07, 6.45) is 7.26. The molecule has 1 aliphatic carbocycles. The molecule has 2 N–H and O–H groups in total. The van der Waals surface area contributed by atoms with Crippen LogP contribution in [-0.4, -0.2) is 23.4 Å². The van der Waals surface area contributed by atoms with E-state index in [-0.39, 0.29) is 25.0 Å². The highest BCUT2D eigenvalue weighted by molar-refractivity contribution is 7.19. The molecule has 1 heterocycles. The Morgan fingerprint density at radius 1 is 1.14 bits per heavy atom. The Hall–Kier alpha value is -1.42. The van der Waals surface area contributed by atoms with E-state index in [9.17, 15) is 10.2 Å². The van der Waals surface area contributed by atoms with Crippen molar-refractivity contribution in [2.45, 2.75) is 6.42 Å². The SMILES string of the molecule is C=CC1CC(C=Cc2cc3ccccc3s2)C(CO)C1CO. The number of hydrogen-bond acceptors (Lipinski definition) is 3. The standard InChI is InChI=1S/C19H22O2S/c1-2-13-9-14(18(12-21)17(13)11-20)7-8-16-10-15-5-3-4-6-19(15)22-16/h2-8,10,13-14,17-18,20-21H,1,9,11-12H2. The molecule has 0 spiro atoms. The van der Waals surface area contributed by atoms with E-state index in [1.165, 1.54) is 15.0 Å². The molecule has 0 aliphatic heterocycles. The molecule has 116 valence electrons. The van der Waals surface area contributed by atoms with Gasteiger partial charge in [-0.2, -0.15) is 0 Å². The van der Waals surface area contributed by atoms with Gasteiger partial charge in [0.2, 0.25) is 0 Å². The number of hydrogen-bond donors (Lipinski definition) is 2. The number of fused-ring (bicyclic) bond motifs is 1. The Morgan fingerprint density at radius 3 is 2.55 bits per heavy atom. The molecule has 4 atom stereocenters. The Morgan fingerprint density at radius 2 is 1.86 bits per heavy atom. The molecule has 0 bridgehead atoms. The fourth-order valence-corrected chi connectivity index (χ4v) is 4.61. The first kappa shape index (κ1) is 15.5. The highest BCUT2D eigenvalue weighted by atomic mass is 32.1. The van der Waals surface area contributed by atoms with E-state index in [1.807, 2.05) is 6.08 Å². The molecular formula is C19H22O2S. The molecule has 2 aromatic rings. The van der Waals surface area contributed by atoms with E-state index < -0.39 is 0 Å². The number of allylic oxidation sites excluding steroid dienone is 2. The van der Waals surface area contributed by atoms with E-state index in [0.717, 1.165) is 6.42 Å². The number of benzene rings is 1. The zero-order chi connectivity index (χ0) is 15.5. The maximum atomic E-state index is 9.69. The first-order chi connectivity index (χ1) is 10.8. The van der Waals surface area contributed by atoms with Crippen molar-refractivity contribution in [3.05, 3.63) is 53.9 Å². The lowest BCUT2D eigenvalue weighted by molar-refractivity contribution is 0.118. The summed E-state index contributed by atoms with van der Waals surface area (Å²) in [5, 5.41) is 20.5. The van der Waals surface area contributed by atoms with Gasteiger partial charge in [0.15, 0.2) is 0 Å². The Balaban J connectivity index is 1.80. The van der Waals surface area contributed by atoms with Crippen LogP contribution in [0.1, 0.15) is 11.3 Å². The van der Waals surface area contributed by atoms with Gasteiger partial charge in [-0.1, -0.05) is 30.4 Å². The van der Waals surface area contributed by atoms with Crippen LogP contribution in [0, 0.1) is 23.7 Å². The van der Waals surface area contributed by atoms with Gasteiger partial charge in [-0.15, -0.1) is 17.9 Å². The minimum atomic E-state index is 0.120. The molecule has 1 fully saturated rings. The summed E-state index contributed by atoms with van der Waals surface area (Å²) in [4.78, 5) is 1.24. The van der Waals surface area contributed by atoms with E-state index in [1.54, 1.807) is 11.3 Å². The fourth-order valence-electron chi connectivity index (χ4n) is 3.64. The highest BCUT2D eigenvalue weighted by Gasteiger charge is 2.39. The Labute approximate surface area is 135 Å². The summed E-state index contributed by atoms with van der Waals surface area (Å²) in [5.74, 6) is 0.841. The zero-order valence-electron chi connectivity index (χ0n) is 12.6. The van der Waals surface area contributed by atoms with Crippen LogP contribution in [-0.2, 0) is 0 Å². The second-order valence-corrected chi connectivity index (χ2v) is 7.15. The van der Waals surface area contributed by atoms with Crippen molar-refractivity contribution in [1.82, 2.24) is 0 Å². The smallest absolute Gasteiger partial charge is 0.0468 e. The van der Waals surface area contributed by atoms with Crippen LogP contribution < -0.4 is 0 Å². The van der Waals surface area contributed by atoms with Gasteiger partial charge in [0.25, 0.3) is 0 Å². The topological polar surface area (TPSA) is 40.5 Å². The molecule has 0 amide bonds. The Bertz CT molecular complexity index is 640. The lowest BCUT2D eigenvalue weighted by Crippen LogP contribution is -2.23. The van der Waals surface area contributed by atoms with Crippen molar-refractivity contribution in [3.63, 3.8) is 0 Å². The molecule has 3 rings (SSSR count). The largest absolute Gasteiger partial charge is 0.396 e. The minimum Gasteiger partial charge on any atom is -0.396 e. The lowest BCUT2D eigenvalue weighted by atomic mass is 9.88.